The SMILES string of the molecule is CN(C)/C=N/S(=O)(=O)c1cc(C#N)c(Cl)cc1Cl. The van der Waals surface area contributed by atoms with Crippen molar-refractivity contribution in [1.29, 1.82) is 5.26 Å². The van der Waals surface area contributed by atoms with Gasteiger partial charge in [-0.25, -0.2) is 0 Å². The Bertz CT molecular complexity index is 633. The van der Waals surface area contributed by atoms with Gasteiger partial charge in [-0.3, -0.25) is 0 Å². The molecule has 1 aromatic carbocycles. The molecule has 0 amide bonds. The van der Waals surface area contributed by atoms with Crippen molar-refractivity contribution in [3.8, 4) is 6.07 Å². The average Bonchev–Trinajstić information content (AvgIpc) is 2.26. The van der Waals surface area contributed by atoms with Gasteiger partial charge in [-0.15, -0.1) is 4.40 Å². The van der Waals surface area contributed by atoms with E-state index in [0.29, 0.717) is 0 Å². The van der Waals surface area contributed by atoms with Crippen LogP contribution in [0.15, 0.2) is 21.4 Å². The largest absolute Gasteiger partial charge is 0.368 e. The number of benzene rings is 1. The minimum Gasteiger partial charge on any atom is -0.368 e. The van der Waals surface area contributed by atoms with Gasteiger partial charge in [-0.1, -0.05) is 23.2 Å². The van der Waals surface area contributed by atoms with Gasteiger partial charge >= 0.3 is 0 Å². The van der Waals surface area contributed by atoms with E-state index < -0.39 is 10.0 Å². The molecule has 0 heterocycles. The summed E-state index contributed by atoms with van der Waals surface area (Å²) in [5, 5.41) is 8.82. The molecular weight excluding hydrogens is 297 g/mol. The van der Waals surface area contributed by atoms with Crippen LogP contribution in [-0.2, 0) is 10.0 Å². The molecule has 8 heteroatoms. The van der Waals surface area contributed by atoms with Gasteiger partial charge in [0.15, 0.2) is 0 Å². The van der Waals surface area contributed by atoms with E-state index in [-0.39, 0.29) is 20.5 Å². The van der Waals surface area contributed by atoms with Gasteiger partial charge < -0.3 is 4.90 Å². The summed E-state index contributed by atoms with van der Waals surface area (Å²) in [5.74, 6) is 0. The molecular formula is C10H9Cl2N3O2S. The molecule has 0 aromatic heterocycles. The fraction of sp³-hybridized carbons (Fsp3) is 0.200. The van der Waals surface area contributed by atoms with E-state index in [1.54, 1.807) is 20.2 Å². The zero-order valence-corrected chi connectivity index (χ0v) is 11.9. The molecule has 0 unspecified atom stereocenters. The van der Waals surface area contributed by atoms with Crippen LogP contribution in [0.5, 0.6) is 0 Å². The van der Waals surface area contributed by atoms with E-state index in [9.17, 15) is 8.42 Å². The van der Waals surface area contributed by atoms with E-state index in [4.69, 9.17) is 28.5 Å². The molecule has 0 aliphatic heterocycles. The molecule has 0 radical (unpaired) electrons. The van der Waals surface area contributed by atoms with E-state index in [1.165, 1.54) is 11.0 Å². The normalized spacial score (nSPS) is 11.5. The molecule has 0 atom stereocenters. The van der Waals surface area contributed by atoms with Crippen molar-refractivity contribution in [2.24, 2.45) is 4.40 Å². The van der Waals surface area contributed by atoms with Gasteiger partial charge in [0.1, 0.15) is 17.3 Å². The van der Waals surface area contributed by atoms with Crippen LogP contribution in [0, 0.1) is 11.3 Å². The molecule has 0 bridgehead atoms. The monoisotopic (exact) mass is 305 g/mol. The summed E-state index contributed by atoms with van der Waals surface area (Å²) in [5.41, 5.74) is 0.0275. The third-order valence-electron chi connectivity index (χ3n) is 1.84. The van der Waals surface area contributed by atoms with Crippen LogP contribution in [0.25, 0.3) is 0 Å². The lowest BCUT2D eigenvalue weighted by atomic mass is 10.2. The van der Waals surface area contributed by atoms with Gasteiger partial charge in [-0.2, -0.15) is 13.7 Å². The molecule has 0 aliphatic rings. The second kappa shape index (κ2) is 5.57. The van der Waals surface area contributed by atoms with E-state index in [0.717, 1.165) is 12.4 Å². The topological polar surface area (TPSA) is 73.5 Å². The van der Waals surface area contributed by atoms with Gasteiger partial charge in [0, 0.05) is 14.1 Å². The smallest absolute Gasteiger partial charge is 0.285 e. The third-order valence-corrected chi connectivity index (χ3v) is 3.84. The Labute approximate surface area is 115 Å². The Morgan fingerprint density at radius 1 is 1.33 bits per heavy atom. The van der Waals surface area contributed by atoms with Crippen LogP contribution in [0.3, 0.4) is 0 Å². The minimum absolute atomic E-state index is 0.0275. The standard InChI is InChI=1S/C10H9Cl2N3O2S/c1-15(2)6-14-18(16,17)10-3-7(5-13)8(11)4-9(10)12/h3-4,6H,1-2H3/b14-6+. The molecule has 18 heavy (non-hydrogen) atoms. The van der Waals surface area contributed by atoms with Crippen molar-refractivity contribution in [2.45, 2.75) is 4.90 Å². The molecule has 1 rings (SSSR count). The van der Waals surface area contributed by atoms with Crippen molar-refractivity contribution < 1.29 is 8.42 Å². The highest BCUT2D eigenvalue weighted by atomic mass is 35.5. The van der Waals surface area contributed by atoms with Crippen molar-refractivity contribution in [1.82, 2.24) is 4.90 Å². The maximum absolute atomic E-state index is 11.9. The predicted octanol–water partition coefficient (Wildman–Crippen LogP) is 2.14. The van der Waals surface area contributed by atoms with Crippen molar-refractivity contribution >= 4 is 39.6 Å². The molecule has 96 valence electrons. The zero-order chi connectivity index (χ0) is 13.9. The van der Waals surface area contributed by atoms with Crippen molar-refractivity contribution in [2.75, 3.05) is 14.1 Å². The molecule has 0 aliphatic carbocycles. The van der Waals surface area contributed by atoms with Crippen LogP contribution < -0.4 is 0 Å². The first-order valence-corrected chi connectivity index (χ1v) is 6.83. The first-order chi connectivity index (χ1) is 8.27. The maximum atomic E-state index is 11.9. The van der Waals surface area contributed by atoms with Crippen LogP contribution in [0.2, 0.25) is 10.0 Å². The zero-order valence-electron chi connectivity index (χ0n) is 9.55. The molecule has 0 saturated heterocycles. The van der Waals surface area contributed by atoms with Crippen LogP contribution >= 0.6 is 23.2 Å². The van der Waals surface area contributed by atoms with Crippen LogP contribution in [-0.4, -0.2) is 33.8 Å². The van der Waals surface area contributed by atoms with Crippen molar-refractivity contribution in [3.63, 3.8) is 0 Å². The van der Waals surface area contributed by atoms with E-state index in [2.05, 4.69) is 4.40 Å². The summed E-state index contributed by atoms with van der Waals surface area (Å²) in [6.45, 7) is 0. The van der Waals surface area contributed by atoms with E-state index >= 15 is 0 Å². The van der Waals surface area contributed by atoms with Gasteiger partial charge in [0.25, 0.3) is 10.0 Å². The third kappa shape index (κ3) is 3.35. The van der Waals surface area contributed by atoms with E-state index in [1.807, 2.05) is 0 Å². The first-order valence-electron chi connectivity index (χ1n) is 4.64. The Hall–Kier alpha value is -1.29. The average molecular weight is 306 g/mol. The highest BCUT2D eigenvalue weighted by Crippen LogP contribution is 2.29. The van der Waals surface area contributed by atoms with Crippen molar-refractivity contribution in [3.05, 3.63) is 27.7 Å². The molecule has 0 spiro atoms. The number of nitrogens with zero attached hydrogens (tertiary/aromatic N) is 3. The second-order valence-corrected chi connectivity index (χ2v) is 5.95. The minimum atomic E-state index is -3.95. The fourth-order valence-electron chi connectivity index (χ4n) is 1.03. The Kier molecular flexibility index (Phi) is 4.57. The highest BCUT2D eigenvalue weighted by molar-refractivity contribution is 7.90. The summed E-state index contributed by atoms with van der Waals surface area (Å²) >= 11 is 11.5. The Morgan fingerprint density at radius 3 is 2.44 bits per heavy atom. The first kappa shape index (κ1) is 14.8. The highest BCUT2D eigenvalue weighted by Gasteiger charge is 2.19. The number of rotatable bonds is 3. The number of sulfonamides is 1. The van der Waals surface area contributed by atoms with Gasteiger partial charge in [0.05, 0.1) is 15.6 Å². The molecule has 0 saturated carbocycles. The van der Waals surface area contributed by atoms with Gasteiger partial charge in [-0.05, 0) is 12.1 Å². The number of hydrogen-bond donors (Lipinski definition) is 0. The van der Waals surface area contributed by atoms with Crippen LogP contribution in [0.4, 0.5) is 0 Å². The summed E-state index contributed by atoms with van der Waals surface area (Å²) in [6.07, 6.45) is 1.13. The number of halogens is 2. The summed E-state index contributed by atoms with van der Waals surface area (Å²) in [4.78, 5) is 1.22. The Balaban J connectivity index is 3.39. The number of hydrogen-bond acceptors (Lipinski definition) is 3. The lowest BCUT2D eigenvalue weighted by Gasteiger charge is -2.06. The molecule has 0 fully saturated rings. The van der Waals surface area contributed by atoms with Gasteiger partial charge in [0.2, 0.25) is 0 Å². The fourth-order valence-corrected chi connectivity index (χ4v) is 2.74. The molecule has 1 aromatic rings. The summed E-state index contributed by atoms with van der Waals surface area (Å²) in [7, 11) is -0.693. The quantitative estimate of drug-likeness (QED) is 0.633. The lowest BCUT2D eigenvalue weighted by Crippen LogP contribution is -2.10. The lowest BCUT2D eigenvalue weighted by molar-refractivity contribution is 0.595. The summed E-state index contributed by atoms with van der Waals surface area (Å²) < 4.78 is 27.2. The van der Waals surface area contributed by atoms with Crippen LogP contribution in [0.1, 0.15) is 5.56 Å². The summed E-state index contributed by atoms with van der Waals surface area (Å²) in [6, 6.07) is 4.09. The number of nitriles is 1. The second-order valence-electron chi connectivity index (χ2n) is 3.53. The Morgan fingerprint density at radius 2 is 1.94 bits per heavy atom. The molecule has 5 nitrogen and oxygen atoms in total. The molecule has 0 N–H and O–H groups in total. The maximum Gasteiger partial charge on any atom is 0.285 e. The predicted molar refractivity (Wildman–Crippen MR) is 70.5 cm³/mol.